The van der Waals surface area contributed by atoms with Crippen LogP contribution in [0.25, 0.3) is 5.69 Å². The van der Waals surface area contributed by atoms with Gasteiger partial charge in [0.15, 0.2) is 0 Å². The van der Waals surface area contributed by atoms with Gasteiger partial charge >= 0.3 is 0 Å². The van der Waals surface area contributed by atoms with E-state index in [-0.39, 0.29) is 17.2 Å². The molecule has 30 heavy (non-hydrogen) atoms. The molecule has 0 aliphatic rings. The highest BCUT2D eigenvalue weighted by Crippen LogP contribution is 2.27. The van der Waals surface area contributed by atoms with Crippen molar-refractivity contribution in [3.8, 4) is 5.69 Å². The van der Waals surface area contributed by atoms with Gasteiger partial charge in [-0.25, -0.2) is 4.68 Å². The Bertz CT molecular complexity index is 1070. The van der Waals surface area contributed by atoms with Gasteiger partial charge in [-0.2, -0.15) is 5.10 Å². The first-order valence-corrected chi connectivity index (χ1v) is 10.8. The van der Waals surface area contributed by atoms with Crippen molar-refractivity contribution in [3.05, 3.63) is 80.6 Å². The molecule has 158 valence electrons. The average molecular weight is 465 g/mol. The van der Waals surface area contributed by atoms with Gasteiger partial charge in [-0.1, -0.05) is 67.7 Å². The topological polar surface area (TPSA) is 46.9 Å². The van der Waals surface area contributed by atoms with E-state index in [1.165, 1.54) is 0 Å². The molecular formula is C23H24Cl3N3O. The summed E-state index contributed by atoms with van der Waals surface area (Å²) < 4.78 is 1.83. The van der Waals surface area contributed by atoms with E-state index >= 15 is 0 Å². The lowest BCUT2D eigenvalue weighted by molar-refractivity contribution is -0.122. The molecule has 0 spiro atoms. The number of nitrogens with zero attached hydrogens (tertiary/aromatic N) is 2. The van der Waals surface area contributed by atoms with Gasteiger partial charge in [-0.15, -0.1) is 0 Å². The highest BCUT2D eigenvalue weighted by atomic mass is 35.5. The summed E-state index contributed by atoms with van der Waals surface area (Å²) >= 11 is 18.3. The van der Waals surface area contributed by atoms with Crippen LogP contribution in [0.3, 0.4) is 0 Å². The first kappa shape index (κ1) is 22.7. The third-order valence-electron chi connectivity index (χ3n) is 4.88. The van der Waals surface area contributed by atoms with Crippen LogP contribution < -0.4 is 5.32 Å². The molecule has 4 nitrogen and oxygen atoms in total. The molecule has 7 heteroatoms. The number of halogens is 3. The second-order valence-electron chi connectivity index (χ2n) is 8.28. The van der Waals surface area contributed by atoms with E-state index < -0.39 is 0 Å². The Labute approximate surface area is 192 Å². The van der Waals surface area contributed by atoms with Crippen molar-refractivity contribution < 1.29 is 4.79 Å². The Morgan fingerprint density at radius 3 is 2.43 bits per heavy atom. The van der Waals surface area contributed by atoms with Gasteiger partial charge in [0.05, 0.1) is 39.6 Å². The van der Waals surface area contributed by atoms with Gasteiger partial charge < -0.3 is 5.32 Å². The van der Waals surface area contributed by atoms with Crippen LogP contribution in [-0.4, -0.2) is 15.7 Å². The normalized spacial score (nSPS) is 12.6. The molecule has 1 atom stereocenters. The summed E-state index contributed by atoms with van der Waals surface area (Å²) in [5.74, 6) is -0.478. The monoisotopic (exact) mass is 463 g/mol. The number of aromatic nitrogens is 2. The predicted molar refractivity (Wildman–Crippen MR) is 124 cm³/mol. The Hall–Kier alpha value is -2.01. The zero-order valence-electron chi connectivity index (χ0n) is 17.3. The number of amides is 1. The number of hydrogen-bond donors (Lipinski definition) is 1. The molecular weight excluding hydrogens is 441 g/mol. The summed E-state index contributed by atoms with van der Waals surface area (Å²) in [5, 5.41) is 9.31. The largest absolute Gasteiger partial charge is 0.350 e. The highest BCUT2D eigenvalue weighted by molar-refractivity contribution is 6.42. The number of hydrogen-bond acceptors (Lipinski definition) is 2. The molecule has 1 unspecified atom stereocenters. The van der Waals surface area contributed by atoms with E-state index in [1.807, 2.05) is 48.0 Å². The fraction of sp³-hybridized carbons (Fsp3) is 0.304. The second kappa shape index (κ2) is 9.01. The molecule has 1 aromatic heterocycles. The molecule has 1 N–H and O–H groups in total. The molecule has 2 aromatic carbocycles. The smallest absolute Gasteiger partial charge is 0.227 e. The van der Waals surface area contributed by atoms with Crippen molar-refractivity contribution in [2.24, 2.45) is 0 Å². The average Bonchev–Trinajstić information content (AvgIpc) is 3.12. The Kier molecular flexibility index (Phi) is 6.81. The molecule has 0 saturated heterocycles. The van der Waals surface area contributed by atoms with Gasteiger partial charge in [0.25, 0.3) is 0 Å². The minimum Gasteiger partial charge on any atom is -0.350 e. The maximum atomic E-state index is 12.8. The van der Waals surface area contributed by atoms with Crippen LogP contribution in [0, 0.1) is 0 Å². The van der Waals surface area contributed by atoms with Crippen LogP contribution in [0.1, 0.15) is 50.6 Å². The van der Waals surface area contributed by atoms with Crippen LogP contribution in [0.15, 0.2) is 48.5 Å². The third kappa shape index (κ3) is 5.18. The summed E-state index contributed by atoms with van der Waals surface area (Å²) in [7, 11) is 0. The van der Waals surface area contributed by atoms with Crippen molar-refractivity contribution >= 4 is 40.7 Å². The van der Waals surface area contributed by atoms with Crippen LogP contribution in [0.5, 0.6) is 0 Å². The van der Waals surface area contributed by atoms with Gasteiger partial charge in [0.2, 0.25) is 5.91 Å². The van der Waals surface area contributed by atoms with Crippen LogP contribution in [-0.2, 0) is 16.8 Å². The number of carbonyl (C=O) groups excluding carboxylic acids is 1. The van der Waals surface area contributed by atoms with Crippen molar-refractivity contribution in [2.75, 3.05) is 0 Å². The highest BCUT2D eigenvalue weighted by Gasteiger charge is 2.22. The Morgan fingerprint density at radius 2 is 1.80 bits per heavy atom. The summed E-state index contributed by atoms with van der Waals surface area (Å²) in [6, 6.07) is 14.7. The predicted octanol–water partition coefficient (Wildman–Crippen LogP) is 6.55. The summed E-state index contributed by atoms with van der Waals surface area (Å²) in [6.45, 7) is 8.48. The van der Waals surface area contributed by atoms with E-state index in [4.69, 9.17) is 39.9 Å². The summed E-state index contributed by atoms with van der Waals surface area (Å²) in [5.41, 5.74) is 3.33. The maximum Gasteiger partial charge on any atom is 0.227 e. The standard InChI is InChI=1S/C23H24Cl3N3O/c1-14(15-8-9-19(25)20(26)10-15)22(30)27-13-18-12-21(23(2,3)4)28-29(18)17-7-5-6-16(24)11-17/h5-12,14H,13H2,1-4H3,(H,27,30). The molecule has 0 saturated carbocycles. The van der Waals surface area contributed by atoms with Crippen molar-refractivity contribution in [3.63, 3.8) is 0 Å². The minimum absolute atomic E-state index is 0.107. The fourth-order valence-electron chi connectivity index (χ4n) is 3.01. The molecule has 0 aliphatic carbocycles. The van der Waals surface area contributed by atoms with E-state index in [0.717, 1.165) is 22.6 Å². The zero-order chi connectivity index (χ0) is 22.1. The molecule has 0 aliphatic heterocycles. The first-order valence-electron chi connectivity index (χ1n) is 9.64. The fourth-order valence-corrected chi connectivity index (χ4v) is 3.50. The number of benzene rings is 2. The number of carbonyl (C=O) groups is 1. The molecule has 1 heterocycles. The molecule has 0 radical (unpaired) electrons. The number of rotatable bonds is 5. The molecule has 1 amide bonds. The lowest BCUT2D eigenvalue weighted by Crippen LogP contribution is -2.28. The van der Waals surface area contributed by atoms with Crippen LogP contribution in [0.2, 0.25) is 15.1 Å². The minimum atomic E-state index is -0.371. The Balaban J connectivity index is 1.84. The van der Waals surface area contributed by atoms with E-state index in [9.17, 15) is 4.79 Å². The summed E-state index contributed by atoms with van der Waals surface area (Å²) in [6.07, 6.45) is 0. The molecule has 3 aromatic rings. The quantitative estimate of drug-likeness (QED) is 0.465. The first-order chi connectivity index (χ1) is 14.1. The zero-order valence-corrected chi connectivity index (χ0v) is 19.6. The van der Waals surface area contributed by atoms with Crippen molar-refractivity contribution in [1.29, 1.82) is 0 Å². The summed E-state index contributed by atoms with van der Waals surface area (Å²) in [4.78, 5) is 12.8. The number of nitrogens with one attached hydrogen (secondary N) is 1. The maximum absolute atomic E-state index is 12.8. The Morgan fingerprint density at radius 1 is 1.07 bits per heavy atom. The lowest BCUT2D eigenvalue weighted by atomic mass is 9.92. The lowest BCUT2D eigenvalue weighted by Gasteiger charge is -2.14. The van der Waals surface area contributed by atoms with Crippen molar-refractivity contribution in [2.45, 2.75) is 45.6 Å². The second-order valence-corrected chi connectivity index (χ2v) is 9.53. The van der Waals surface area contributed by atoms with Gasteiger partial charge in [-0.3, -0.25) is 4.79 Å². The van der Waals surface area contributed by atoms with E-state index in [2.05, 4.69) is 26.1 Å². The van der Waals surface area contributed by atoms with Crippen LogP contribution in [0.4, 0.5) is 0 Å². The SMILES string of the molecule is CC(C(=O)NCc1cc(C(C)(C)C)nn1-c1cccc(Cl)c1)c1ccc(Cl)c(Cl)c1. The van der Waals surface area contributed by atoms with Gasteiger partial charge in [-0.05, 0) is 48.9 Å². The molecule has 3 rings (SSSR count). The molecule has 0 fully saturated rings. The molecule has 0 bridgehead atoms. The van der Waals surface area contributed by atoms with E-state index in [0.29, 0.717) is 21.6 Å². The van der Waals surface area contributed by atoms with Crippen LogP contribution >= 0.6 is 34.8 Å². The third-order valence-corrected chi connectivity index (χ3v) is 5.86. The van der Waals surface area contributed by atoms with Gasteiger partial charge in [0, 0.05) is 10.4 Å². The van der Waals surface area contributed by atoms with Gasteiger partial charge in [0.1, 0.15) is 0 Å². The van der Waals surface area contributed by atoms with E-state index in [1.54, 1.807) is 12.1 Å². The van der Waals surface area contributed by atoms with Crippen molar-refractivity contribution in [1.82, 2.24) is 15.1 Å².